The van der Waals surface area contributed by atoms with E-state index >= 15 is 0 Å². The maximum absolute atomic E-state index is 11.2. The van der Waals surface area contributed by atoms with Crippen LogP contribution in [0.3, 0.4) is 0 Å². The largest absolute Gasteiger partial charge is 0.481 e. The number of hydrogen-bond donors (Lipinski definition) is 2. The van der Waals surface area contributed by atoms with Crippen molar-refractivity contribution in [3.05, 3.63) is 48.1 Å². The van der Waals surface area contributed by atoms with Crippen LogP contribution in [0, 0.1) is 11.3 Å². The van der Waals surface area contributed by atoms with Crippen molar-refractivity contribution >= 4 is 11.9 Å². The van der Waals surface area contributed by atoms with Crippen LogP contribution in [0.2, 0.25) is 0 Å². The van der Waals surface area contributed by atoms with E-state index in [1.807, 2.05) is 0 Å². The van der Waals surface area contributed by atoms with Gasteiger partial charge in [-0.1, -0.05) is 42.5 Å². The van der Waals surface area contributed by atoms with Crippen LogP contribution < -0.4 is 0 Å². The van der Waals surface area contributed by atoms with Gasteiger partial charge in [-0.2, -0.15) is 0 Å². The van der Waals surface area contributed by atoms with Crippen LogP contribution in [-0.2, 0) is 9.59 Å². The average molecular weight is 304 g/mol. The Balaban J connectivity index is 0.000000335. The first-order chi connectivity index (χ1) is 10.3. The van der Waals surface area contributed by atoms with Crippen LogP contribution in [-0.4, -0.2) is 22.2 Å². The molecule has 0 amide bonds. The van der Waals surface area contributed by atoms with Crippen molar-refractivity contribution in [3.63, 3.8) is 0 Å². The normalized spacial score (nSPS) is 26.5. The van der Waals surface area contributed by atoms with Gasteiger partial charge in [0, 0.05) is 11.5 Å². The van der Waals surface area contributed by atoms with Crippen molar-refractivity contribution in [2.75, 3.05) is 0 Å². The van der Waals surface area contributed by atoms with Gasteiger partial charge in [0.1, 0.15) is 0 Å². The van der Waals surface area contributed by atoms with E-state index in [9.17, 15) is 14.7 Å². The zero-order valence-corrected chi connectivity index (χ0v) is 13.2. The van der Waals surface area contributed by atoms with E-state index in [1.54, 1.807) is 6.92 Å². The summed E-state index contributed by atoms with van der Waals surface area (Å²) in [5, 5.41) is 18.2. The molecule has 0 aromatic heterocycles. The molecule has 2 aliphatic carbocycles. The second-order valence-corrected chi connectivity index (χ2v) is 5.91. The zero-order valence-electron chi connectivity index (χ0n) is 13.2. The lowest BCUT2D eigenvalue weighted by atomic mass is 9.67. The monoisotopic (exact) mass is 304 g/mol. The third-order valence-corrected chi connectivity index (χ3v) is 3.99. The smallest absolute Gasteiger partial charge is 0.332 e. The number of hydrogen-bond acceptors (Lipinski definition) is 2. The molecule has 120 valence electrons. The van der Waals surface area contributed by atoms with Crippen molar-refractivity contribution < 1.29 is 19.8 Å². The quantitative estimate of drug-likeness (QED) is 0.774. The van der Waals surface area contributed by atoms with Gasteiger partial charge in [-0.05, 0) is 39.5 Å². The summed E-state index contributed by atoms with van der Waals surface area (Å²) in [6.07, 6.45) is 14.4. The molecule has 4 nitrogen and oxygen atoms in total. The minimum Gasteiger partial charge on any atom is -0.481 e. The van der Waals surface area contributed by atoms with Gasteiger partial charge < -0.3 is 10.2 Å². The summed E-state index contributed by atoms with van der Waals surface area (Å²) in [6, 6.07) is 0. The second kappa shape index (κ2) is 7.78. The van der Waals surface area contributed by atoms with Crippen LogP contribution in [0.25, 0.3) is 0 Å². The Bertz CT molecular complexity index is 531. The molecule has 2 N–H and O–H groups in total. The summed E-state index contributed by atoms with van der Waals surface area (Å²) in [6.45, 7) is 6.83. The predicted octanol–water partition coefficient (Wildman–Crippen LogP) is 3.97. The number of carboxylic acid groups (broad SMARTS) is 2. The molecule has 0 bridgehead atoms. The molecule has 0 fully saturated rings. The lowest BCUT2D eigenvalue weighted by Gasteiger charge is -2.34. The number of rotatable bonds is 3. The Labute approximate surface area is 131 Å². The molecule has 0 saturated heterocycles. The number of carboxylic acids is 2. The maximum atomic E-state index is 11.2. The summed E-state index contributed by atoms with van der Waals surface area (Å²) in [4.78, 5) is 22.3. The zero-order chi connectivity index (χ0) is 16.8. The Morgan fingerprint density at radius 1 is 1.23 bits per heavy atom. The number of aliphatic carboxylic acids is 2. The lowest BCUT2D eigenvalue weighted by molar-refractivity contribution is -0.147. The third-order valence-electron chi connectivity index (χ3n) is 3.99. The molecule has 0 saturated carbocycles. The number of carbonyl (C=O) groups is 2. The van der Waals surface area contributed by atoms with E-state index in [-0.39, 0.29) is 5.57 Å². The molecule has 22 heavy (non-hydrogen) atoms. The van der Waals surface area contributed by atoms with Crippen LogP contribution in [0.1, 0.15) is 39.5 Å². The SMILES string of the molecule is C1=CCCCC1.C=C(C)C1C(C(=O)O)=CC=CC1(C)C(=O)O. The van der Waals surface area contributed by atoms with Gasteiger partial charge >= 0.3 is 11.9 Å². The first kappa shape index (κ1) is 18.0. The Kier molecular flexibility index (Phi) is 6.35. The van der Waals surface area contributed by atoms with Crippen molar-refractivity contribution in [2.24, 2.45) is 11.3 Å². The molecule has 0 aliphatic heterocycles. The second-order valence-electron chi connectivity index (χ2n) is 5.91. The van der Waals surface area contributed by atoms with Crippen LogP contribution >= 0.6 is 0 Å². The summed E-state index contributed by atoms with van der Waals surface area (Å²) < 4.78 is 0. The summed E-state index contributed by atoms with van der Waals surface area (Å²) in [5.41, 5.74) is -0.642. The highest BCUT2D eigenvalue weighted by Crippen LogP contribution is 2.41. The fourth-order valence-electron chi connectivity index (χ4n) is 2.79. The topological polar surface area (TPSA) is 74.6 Å². The molecule has 0 radical (unpaired) electrons. The molecule has 2 atom stereocenters. The Morgan fingerprint density at radius 3 is 2.09 bits per heavy atom. The molecule has 0 spiro atoms. The molecule has 4 heteroatoms. The Hall–Kier alpha value is -2.10. The summed E-state index contributed by atoms with van der Waals surface area (Å²) in [5.74, 6) is -2.86. The predicted molar refractivity (Wildman–Crippen MR) is 86.5 cm³/mol. The van der Waals surface area contributed by atoms with Crippen molar-refractivity contribution in [1.29, 1.82) is 0 Å². The molecule has 0 heterocycles. The summed E-state index contributed by atoms with van der Waals surface area (Å²) in [7, 11) is 0. The van der Waals surface area contributed by atoms with Crippen molar-refractivity contribution in [2.45, 2.75) is 39.5 Å². The first-order valence-corrected chi connectivity index (χ1v) is 7.47. The van der Waals surface area contributed by atoms with E-state index in [2.05, 4.69) is 18.7 Å². The fraction of sp³-hybridized carbons (Fsp3) is 0.444. The molecule has 2 unspecified atom stereocenters. The molecule has 0 aromatic carbocycles. The van der Waals surface area contributed by atoms with Crippen LogP contribution in [0.5, 0.6) is 0 Å². The molecule has 0 aromatic rings. The van der Waals surface area contributed by atoms with Crippen LogP contribution in [0.15, 0.2) is 48.1 Å². The molecule has 2 aliphatic rings. The van der Waals surface area contributed by atoms with E-state index in [4.69, 9.17) is 5.11 Å². The average Bonchev–Trinajstić information content (AvgIpc) is 2.48. The van der Waals surface area contributed by atoms with Gasteiger partial charge in [-0.25, -0.2) is 4.79 Å². The van der Waals surface area contributed by atoms with E-state index in [0.717, 1.165) is 0 Å². The maximum Gasteiger partial charge on any atom is 0.332 e. The lowest BCUT2D eigenvalue weighted by Crippen LogP contribution is -2.38. The third kappa shape index (κ3) is 4.20. The van der Waals surface area contributed by atoms with Gasteiger partial charge in [-0.15, -0.1) is 0 Å². The van der Waals surface area contributed by atoms with Gasteiger partial charge in [0.05, 0.1) is 5.41 Å². The van der Waals surface area contributed by atoms with Crippen molar-refractivity contribution in [3.8, 4) is 0 Å². The first-order valence-electron chi connectivity index (χ1n) is 7.47. The molecular weight excluding hydrogens is 280 g/mol. The van der Waals surface area contributed by atoms with Gasteiger partial charge in [0.2, 0.25) is 0 Å². The van der Waals surface area contributed by atoms with Gasteiger partial charge in [0.15, 0.2) is 0 Å². The van der Waals surface area contributed by atoms with Crippen molar-refractivity contribution in [1.82, 2.24) is 0 Å². The van der Waals surface area contributed by atoms with E-state index in [0.29, 0.717) is 5.57 Å². The van der Waals surface area contributed by atoms with Gasteiger partial charge in [-0.3, -0.25) is 4.79 Å². The van der Waals surface area contributed by atoms with Crippen LogP contribution in [0.4, 0.5) is 0 Å². The Morgan fingerprint density at radius 2 is 1.77 bits per heavy atom. The van der Waals surface area contributed by atoms with E-state index in [1.165, 1.54) is 50.8 Å². The molecular formula is C18H24O4. The fourth-order valence-corrected chi connectivity index (χ4v) is 2.79. The van der Waals surface area contributed by atoms with E-state index < -0.39 is 23.3 Å². The highest BCUT2D eigenvalue weighted by atomic mass is 16.4. The number of allylic oxidation sites excluding steroid dienone is 5. The molecule has 2 rings (SSSR count). The minimum absolute atomic E-state index is 0.0694. The van der Waals surface area contributed by atoms with Gasteiger partial charge in [0.25, 0.3) is 0 Å². The minimum atomic E-state index is -1.24. The summed E-state index contributed by atoms with van der Waals surface area (Å²) >= 11 is 0. The standard InChI is InChI=1S/C12H14O4.C6H10/c1-7(2)9-8(10(13)14)5-4-6-12(9,3)11(15)16;1-2-4-6-5-3-1/h4-6,9H,1H2,2-3H3,(H,13,14)(H,15,16);1-2H,3-6H2. The highest BCUT2D eigenvalue weighted by Gasteiger charge is 2.44. The highest BCUT2D eigenvalue weighted by molar-refractivity contribution is 5.92.